The van der Waals surface area contributed by atoms with Gasteiger partial charge in [0.2, 0.25) is 0 Å². The molecule has 0 aromatic heterocycles. The highest BCUT2D eigenvalue weighted by atomic mass is 16.5. The van der Waals surface area contributed by atoms with Crippen LogP contribution < -0.4 is 0 Å². The van der Waals surface area contributed by atoms with E-state index in [-0.39, 0.29) is 6.42 Å². The molecular weight excluding hydrogens is 424 g/mol. The van der Waals surface area contributed by atoms with Gasteiger partial charge in [-0.05, 0) is 19.3 Å². The molecule has 0 aliphatic heterocycles. The van der Waals surface area contributed by atoms with Crippen LogP contribution in [-0.2, 0) is 14.3 Å². The maximum atomic E-state index is 12.3. The molecule has 0 aliphatic rings. The number of carboxylic acid groups (broad SMARTS) is 1. The number of aliphatic carboxylic acids is 1. The maximum Gasteiger partial charge on any atom is 0.313 e. The topological polar surface area (TPSA) is 63.6 Å². The van der Waals surface area contributed by atoms with E-state index in [9.17, 15) is 9.59 Å². The highest BCUT2D eigenvalue weighted by Gasteiger charge is 2.20. The third-order valence-corrected chi connectivity index (χ3v) is 6.53. The Kier molecular flexibility index (Phi) is 25.3. The van der Waals surface area contributed by atoms with Crippen LogP contribution in [0.1, 0.15) is 155 Å². The molecule has 34 heavy (non-hydrogen) atoms. The summed E-state index contributed by atoms with van der Waals surface area (Å²) in [6.45, 7) is 4.89. The van der Waals surface area contributed by atoms with Crippen LogP contribution in [0.15, 0.2) is 12.2 Å². The Bertz CT molecular complexity index is 486. The number of ether oxygens (including phenoxy) is 1. The third-order valence-electron chi connectivity index (χ3n) is 6.53. The third kappa shape index (κ3) is 23.8. The summed E-state index contributed by atoms with van der Waals surface area (Å²) < 4.78 is 5.39. The molecule has 0 amide bonds. The van der Waals surface area contributed by atoms with Crippen molar-refractivity contribution in [3.05, 3.63) is 12.2 Å². The first-order chi connectivity index (χ1) is 16.6. The first-order valence-corrected chi connectivity index (χ1v) is 14.7. The van der Waals surface area contributed by atoms with Gasteiger partial charge in [-0.15, -0.1) is 0 Å². The molecule has 200 valence electrons. The fourth-order valence-corrected chi connectivity index (χ4v) is 4.30. The minimum absolute atomic E-state index is 0.189. The number of hydrogen-bond acceptors (Lipinski definition) is 3. The molecule has 0 heterocycles. The Morgan fingerprint density at radius 2 is 1.06 bits per heavy atom. The van der Waals surface area contributed by atoms with Crippen molar-refractivity contribution in [1.82, 2.24) is 0 Å². The summed E-state index contributed by atoms with van der Waals surface area (Å²) in [5.74, 6) is -2.01. The van der Waals surface area contributed by atoms with E-state index in [2.05, 4.69) is 13.8 Å². The maximum absolute atomic E-state index is 12.3. The lowest BCUT2D eigenvalue weighted by Gasteiger charge is -2.11. The zero-order valence-corrected chi connectivity index (χ0v) is 22.7. The average Bonchev–Trinajstić information content (AvgIpc) is 2.82. The predicted molar refractivity (Wildman–Crippen MR) is 144 cm³/mol. The molecule has 0 aromatic rings. The van der Waals surface area contributed by atoms with Crippen molar-refractivity contribution in [2.24, 2.45) is 5.92 Å². The normalized spacial score (nSPS) is 12.3. The number of carboxylic acids is 1. The summed E-state index contributed by atoms with van der Waals surface area (Å²) >= 11 is 0. The highest BCUT2D eigenvalue weighted by Crippen LogP contribution is 2.14. The van der Waals surface area contributed by atoms with Crippen LogP contribution in [0.4, 0.5) is 0 Å². The SMILES string of the molecule is CCCCCCCCCCC=CC(CC(=O)O)C(=O)OCCCCCCCCCCCCCC. The summed E-state index contributed by atoms with van der Waals surface area (Å²) in [6.07, 6.45) is 29.8. The largest absolute Gasteiger partial charge is 0.481 e. The van der Waals surface area contributed by atoms with Crippen LogP contribution in [0.5, 0.6) is 0 Å². The summed E-state index contributed by atoms with van der Waals surface area (Å²) in [4.78, 5) is 23.5. The number of allylic oxidation sites excluding steroid dienone is 1. The summed E-state index contributed by atoms with van der Waals surface area (Å²) in [5.41, 5.74) is 0. The zero-order valence-electron chi connectivity index (χ0n) is 22.7. The van der Waals surface area contributed by atoms with Gasteiger partial charge in [0.05, 0.1) is 18.9 Å². The lowest BCUT2D eigenvalue weighted by Crippen LogP contribution is -2.19. The molecular formula is C30H56O4. The lowest BCUT2D eigenvalue weighted by molar-refractivity contribution is -0.151. The van der Waals surface area contributed by atoms with Crippen LogP contribution in [0.25, 0.3) is 0 Å². The second-order valence-corrected chi connectivity index (χ2v) is 9.95. The summed E-state index contributed by atoms with van der Waals surface area (Å²) in [7, 11) is 0. The minimum atomic E-state index is -0.955. The Labute approximate surface area is 211 Å². The number of hydrogen-bond donors (Lipinski definition) is 1. The van der Waals surface area contributed by atoms with Crippen molar-refractivity contribution in [2.45, 2.75) is 155 Å². The van der Waals surface area contributed by atoms with Crippen molar-refractivity contribution in [2.75, 3.05) is 6.61 Å². The number of carbonyl (C=O) groups excluding carboxylic acids is 1. The molecule has 1 atom stereocenters. The molecule has 0 rings (SSSR count). The molecule has 0 aliphatic carbocycles. The van der Waals surface area contributed by atoms with Gasteiger partial charge in [0, 0.05) is 0 Å². The van der Waals surface area contributed by atoms with E-state index in [0.717, 1.165) is 25.7 Å². The molecule has 0 bridgehead atoms. The van der Waals surface area contributed by atoms with E-state index < -0.39 is 17.9 Å². The van der Waals surface area contributed by atoms with Crippen molar-refractivity contribution in [1.29, 1.82) is 0 Å². The fraction of sp³-hybridized carbons (Fsp3) is 0.867. The molecule has 0 fully saturated rings. The van der Waals surface area contributed by atoms with Crippen LogP contribution in [0.3, 0.4) is 0 Å². The number of unbranched alkanes of at least 4 members (excludes halogenated alkanes) is 19. The number of carbonyl (C=O) groups is 2. The van der Waals surface area contributed by atoms with Crippen LogP contribution >= 0.6 is 0 Å². The van der Waals surface area contributed by atoms with Gasteiger partial charge in [-0.2, -0.15) is 0 Å². The van der Waals surface area contributed by atoms with Gasteiger partial charge in [0.25, 0.3) is 0 Å². The molecule has 0 saturated carbocycles. The van der Waals surface area contributed by atoms with Crippen LogP contribution in [0.2, 0.25) is 0 Å². The van der Waals surface area contributed by atoms with Crippen molar-refractivity contribution >= 4 is 11.9 Å². The summed E-state index contributed by atoms with van der Waals surface area (Å²) in [5, 5.41) is 9.14. The van der Waals surface area contributed by atoms with Crippen LogP contribution in [-0.4, -0.2) is 23.7 Å². The van der Waals surface area contributed by atoms with E-state index >= 15 is 0 Å². The standard InChI is InChI=1S/C30H56O4/c1-3-5-7-9-11-13-15-16-18-20-22-24-26-34-30(33)28(27-29(31)32)25-23-21-19-17-14-12-10-8-6-4-2/h23,25,28H,3-22,24,26-27H2,1-2H3,(H,31,32). The second kappa shape index (κ2) is 26.3. The first kappa shape index (κ1) is 32.7. The smallest absolute Gasteiger partial charge is 0.313 e. The molecule has 4 nitrogen and oxygen atoms in total. The molecule has 1 N–H and O–H groups in total. The lowest BCUT2D eigenvalue weighted by atomic mass is 10.0. The molecule has 4 heteroatoms. The van der Waals surface area contributed by atoms with E-state index in [4.69, 9.17) is 9.84 Å². The number of rotatable bonds is 26. The van der Waals surface area contributed by atoms with Gasteiger partial charge in [0.15, 0.2) is 0 Å². The predicted octanol–water partition coefficient (Wildman–Crippen LogP) is 9.41. The highest BCUT2D eigenvalue weighted by molar-refractivity contribution is 5.80. The molecule has 1 unspecified atom stereocenters. The van der Waals surface area contributed by atoms with E-state index in [1.807, 2.05) is 6.08 Å². The Morgan fingerprint density at radius 1 is 0.647 bits per heavy atom. The average molecular weight is 481 g/mol. The Hall–Kier alpha value is -1.32. The first-order valence-electron chi connectivity index (χ1n) is 14.7. The second-order valence-electron chi connectivity index (χ2n) is 9.95. The van der Waals surface area contributed by atoms with Crippen molar-refractivity contribution in [3.8, 4) is 0 Å². The summed E-state index contributed by atoms with van der Waals surface area (Å²) in [6, 6.07) is 0. The van der Waals surface area contributed by atoms with Gasteiger partial charge in [0.1, 0.15) is 0 Å². The monoisotopic (exact) mass is 480 g/mol. The van der Waals surface area contributed by atoms with Gasteiger partial charge in [-0.3, -0.25) is 9.59 Å². The minimum Gasteiger partial charge on any atom is -0.481 e. The molecule has 0 aromatic carbocycles. The Balaban J connectivity index is 3.78. The Morgan fingerprint density at radius 3 is 1.50 bits per heavy atom. The fourth-order valence-electron chi connectivity index (χ4n) is 4.30. The van der Waals surface area contributed by atoms with E-state index in [0.29, 0.717) is 6.61 Å². The van der Waals surface area contributed by atoms with Crippen molar-refractivity contribution < 1.29 is 19.4 Å². The molecule has 0 radical (unpaired) electrons. The van der Waals surface area contributed by atoms with Crippen LogP contribution in [0, 0.1) is 5.92 Å². The molecule has 0 saturated heterocycles. The van der Waals surface area contributed by atoms with Gasteiger partial charge in [-0.1, -0.05) is 142 Å². The quantitative estimate of drug-likeness (QED) is 0.0760. The van der Waals surface area contributed by atoms with Gasteiger partial charge >= 0.3 is 11.9 Å². The number of esters is 1. The zero-order chi connectivity index (χ0) is 25.1. The van der Waals surface area contributed by atoms with Crippen molar-refractivity contribution in [3.63, 3.8) is 0 Å². The van der Waals surface area contributed by atoms with Gasteiger partial charge in [-0.25, -0.2) is 0 Å². The van der Waals surface area contributed by atoms with E-state index in [1.54, 1.807) is 6.08 Å². The van der Waals surface area contributed by atoms with E-state index in [1.165, 1.54) is 109 Å². The van der Waals surface area contributed by atoms with Gasteiger partial charge < -0.3 is 9.84 Å². The molecule has 0 spiro atoms.